The van der Waals surface area contributed by atoms with Crippen LogP contribution in [0.4, 0.5) is 5.69 Å². The van der Waals surface area contributed by atoms with Gasteiger partial charge in [0.1, 0.15) is 11.2 Å². The van der Waals surface area contributed by atoms with E-state index in [2.05, 4.69) is 4.98 Å². The van der Waals surface area contributed by atoms with Crippen molar-refractivity contribution >= 4 is 17.3 Å². The molecule has 1 aromatic rings. The van der Waals surface area contributed by atoms with Crippen LogP contribution in [0.2, 0.25) is 5.15 Å². The van der Waals surface area contributed by atoms with Gasteiger partial charge in [0.25, 0.3) is 0 Å². The van der Waals surface area contributed by atoms with Gasteiger partial charge in [-0.2, -0.15) is 5.26 Å². The van der Waals surface area contributed by atoms with Crippen molar-refractivity contribution in [3.8, 4) is 6.07 Å². The first-order valence-corrected chi connectivity index (χ1v) is 3.35. The molecule has 56 valence electrons. The largest absolute Gasteiger partial charge is 0.396 e. The number of halogens is 1. The lowest BCUT2D eigenvalue weighted by atomic mass is 10.2. The SMILES string of the molecule is Cc1cc(Cl)nc(C#N)c1N. The van der Waals surface area contributed by atoms with Crippen molar-refractivity contribution in [2.75, 3.05) is 5.73 Å². The highest BCUT2D eigenvalue weighted by molar-refractivity contribution is 6.29. The van der Waals surface area contributed by atoms with Gasteiger partial charge in [0.05, 0.1) is 5.69 Å². The van der Waals surface area contributed by atoms with E-state index in [1.54, 1.807) is 13.0 Å². The van der Waals surface area contributed by atoms with E-state index in [4.69, 9.17) is 22.6 Å². The maximum absolute atomic E-state index is 8.52. The van der Waals surface area contributed by atoms with Crippen molar-refractivity contribution in [1.82, 2.24) is 4.98 Å². The zero-order valence-corrected chi connectivity index (χ0v) is 6.68. The van der Waals surface area contributed by atoms with Gasteiger partial charge in [-0.05, 0) is 18.6 Å². The van der Waals surface area contributed by atoms with E-state index >= 15 is 0 Å². The maximum atomic E-state index is 8.52. The Bertz CT molecular complexity index is 327. The summed E-state index contributed by atoms with van der Waals surface area (Å²) in [5.74, 6) is 0. The van der Waals surface area contributed by atoms with E-state index in [0.717, 1.165) is 5.56 Å². The first kappa shape index (κ1) is 7.83. The Balaban J connectivity index is 3.39. The van der Waals surface area contributed by atoms with Crippen molar-refractivity contribution in [1.29, 1.82) is 5.26 Å². The highest BCUT2D eigenvalue weighted by atomic mass is 35.5. The molecule has 1 rings (SSSR count). The van der Waals surface area contributed by atoms with Crippen LogP contribution in [0.15, 0.2) is 6.07 Å². The lowest BCUT2D eigenvalue weighted by Crippen LogP contribution is -1.96. The molecular weight excluding hydrogens is 162 g/mol. The lowest BCUT2D eigenvalue weighted by molar-refractivity contribution is 1.24. The summed E-state index contributed by atoms with van der Waals surface area (Å²) in [6.45, 7) is 1.78. The van der Waals surface area contributed by atoms with Gasteiger partial charge >= 0.3 is 0 Å². The van der Waals surface area contributed by atoms with E-state index in [1.165, 1.54) is 0 Å². The summed E-state index contributed by atoms with van der Waals surface area (Å²) in [6, 6.07) is 3.48. The molecule has 0 unspecified atom stereocenters. The average Bonchev–Trinajstić information content (AvgIpc) is 1.96. The molecule has 0 aliphatic carbocycles. The highest BCUT2D eigenvalue weighted by Crippen LogP contribution is 2.17. The van der Waals surface area contributed by atoms with Gasteiger partial charge in [-0.1, -0.05) is 11.6 Å². The van der Waals surface area contributed by atoms with Gasteiger partial charge in [0, 0.05) is 0 Å². The van der Waals surface area contributed by atoms with Crippen molar-refractivity contribution in [2.24, 2.45) is 0 Å². The van der Waals surface area contributed by atoms with Gasteiger partial charge in [0.2, 0.25) is 0 Å². The van der Waals surface area contributed by atoms with Crippen LogP contribution in [0.3, 0.4) is 0 Å². The zero-order valence-electron chi connectivity index (χ0n) is 5.93. The van der Waals surface area contributed by atoms with E-state index in [1.807, 2.05) is 6.07 Å². The molecule has 0 radical (unpaired) electrons. The molecule has 0 aliphatic rings. The third kappa shape index (κ3) is 1.41. The van der Waals surface area contributed by atoms with E-state index in [9.17, 15) is 0 Å². The average molecular weight is 168 g/mol. The molecule has 0 spiro atoms. The van der Waals surface area contributed by atoms with Crippen LogP contribution in [0, 0.1) is 18.3 Å². The fourth-order valence-corrected chi connectivity index (χ4v) is 0.976. The van der Waals surface area contributed by atoms with Gasteiger partial charge < -0.3 is 5.73 Å². The quantitative estimate of drug-likeness (QED) is 0.596. The van der Waals surface area contributed by atoms with E-state index in [0.29, 0.717) is 10.8 Å². The highest BCUT2D eigenvalue weighted by Gasteiger charge is 2.03. The first-order chi connectivity index (χ1) is 5.15. The van der Waals surface area contributed by atoms with Crippen molar-refractivity contribution < 1.29 is 0 Å². The maximum Gasteiger partial charge on any atom is 0.165 e. The Kier molecular flexibility index (Phi) is 1.97. The zero-order chi connectivity index (χ0) is 8.43. The third-order valence-electron chi connectivity index (χ3n) is 1.34. The van der Waals surface area contributed by atoms with E-state index in [-0.39, 0.29) is 5.69 Å². The molecule has 11 heavy (non-hydrogen) atoms. The predicted molar refractivity (Wildman–Crippen MR) is 43.1 cm³/mol. The molecule has 1 heterocycles. The monoisotopic (exact) mass is 167 g/mol. The van der Waals surface area contributed by atoms with Crippen LogP contribution in [0.5, 0.6) is 0 Å². The minimum atomic E-state index is 0.190. The minimum Gasteiger partial charge on any atom is -0.396 e. The molecule has 1 aromatic heterocycles. The molecule has 0 saturated carbocycles. The van der Waals surface area contributed by atoms with Crippen LogP contribution in [0.25, 0.3) is 0 Å². The Hall–Kier alpha value is -1.27. The van der Waals surface area contributed by atoms with Crippen LogP contribution < -0.4 is 5.73 Å². The Morgan fingerprint density at radius 2 is 2.36 bits per heavy atom. The van der Waals surface area contributed by atoms with Crippen molar-refractivity contribution in [2.45, 2.75) is 6.92 Å². The number of nitriles is 1. The minimum absolute atomic E-state index is 0.190. The second-order valence-electron chi connectivity index (χ2n) is 2.14. The predicted octanol–water partition coefficient (Wildman–Crippen LogP) is 1.50. The normalized spacial score (nSPS) is 9.18. The van der Waals surface area contributed by atoms with Crippen LogP contribution >= 0.6 is 11.6 Å². The number of aromatic nitrogens is 1. The summed E-state index contributed by atoms with van der Waals surface area (Å²) < 4.78 is 0. The smallest absolute Gasteiger partial charge is 0.165 e. The number of nitrogens with two attached hydrogens (primary N) is 1. The molecule has 0 saturated heterocycles. The second-order valence-corrected chi connectivity index (χ2v) is 2.52. The second kappa shape index (κ2) is 2.77. The number of anilines is 1. The molecule has 0 bridgehead atoms. The molecule has 0 fully saturated rings. The summed E-state index contributed by atoms with van der Waals surface area (Å²) in [4.78, 5) is 3.73. The number of nitrogen functional groups attached to an aromatic ring is 1. The van der Waals surface area contributed by atoms with Crippen molar-refractivity contribution in [3.05, 3.63) is 22.5 Å². The molecule has 0 aliphatic heterocycles. The standard InChI is InChI=1S/C7H6ClN3/c1-4-2-6(8)11-5(3-9)7(4)10/h2H,10H2,1H3. The number of hydrogen-bond acceptors (Lipinski definition) is 3. The van der Waals surface area contributed by atoms with Crippen molar-refractivity contribution in [3.63, 3.8) is 0 Å². The van der Waals surface area contributed by atoms with E-state index < -0.39 is 0 Å². The van der Waals surface area contributed by atoms with Crippen LogP contribution in [0.1, 0.15) is 11.3 Å². The number of nitrogens with zero attached hydrogens (tertiary/aromatic N) is 2. The first-order valence-electron chi connectivity index (χ1n) is 2.98. The van der Waals surface area contributed by atoms with Gasteiger partial charge in [0.15, 0.2) is 5.69 Å². The van der Waals surface area contributed by atoms with Crippen LogP contribution in [-0.4, -0.2) is 4.98 Å². The topological polar surface area (TPSA) is 62.7 Å². The summed E-state index contributed by atoms with van der Waals surface area (Å²) in [6.07, 6.45) is 0. The Morgan fingerprint density at radius 3 is 2.91 bits per heavy atom. The summed E-state index contributed by atoms with van der Waals surface area (Å²) in [7, 11) is 0. The number of hydrogen-bond donors (Lipinski definition) is 1. The Labute approximate surface area is 69.4 Å². The molecule has 4 heteroatoms. The van der Waals surface area contributed by atoms with Gasteiger partial charge in [-0.15, -0.1) is 0 Å². The molecular formula is C7H6ClN3. The fraction of sp³-hybridized carbons (Fsp3) is 0.143. The molecule has 0 atom stereocenters. The number of rotatable bonds is 0. The lowest BCUT2D eigenvalue weighted by Gasteiger charge is -2.00. The number of pyridine rings is 1. The Morgan fingerprint density at radius 1 is 1.73 bits per heavy atom. The summed E-state index contributed by atoms with van der Waals surface area (Å²) >= 11 is 5.58. The summed E-state index contributed by atoms with van der Waals surface area (Å²) in [5, 5.41) is 8.82. The molecule has 0 aromatic carbocycles. The fourth-order valence-electron chi connectivity index (χ4n) is 0.728. The molecule has 2 N–H and O–H groups in total. The van der Waals surface area contributed by atoms with Crippen LogP contribution in [-0.2, 0) is 0 Å². The number of aryl methyl sites for hydroxylation is 1. The van der Waals surface area contributed by atoms with Gasteiger partial charge in [-0.25, -0.2) is 4.98 Å². The van der Waals surface area contributed by atoms with Gasteiger partial charge in [-0.3, -0.25) is 0 Å². The molecule has 3 nitrogen and oxygen atoms in total. The molecule has 0 amide bonds. The summed E-state index contributed by atoms with van der Waals surface area (Å²) in [5.41, 5.74) is 6.89. The third-order valence-corrected chi connectivity index (χ3v) is 1.53.